The smallest absolute Gasteiger partial charge is 0.151 e. The van der Waals surface area contributed by atoms with Crippen LogP contribution in [0, 0.1) is 0 Å². The Hall–Kier alpha value is -1.03. The van der Waals surface area contributed by atoms with Gasteiger partial charge in [-0.25, -0.2) is 0 Å². The topological polar surface area (TPSA) is 39.1 Å². The van der Waals surface area contributed by atoms with Crippen LogP contribution >= 0.6 is 0 Å². The van der Waals surface area contributed by atoms with Crippen molar-refractivity contribution in [3.63, 3.8) is 0 Å². The Kier molecular flexibility index (Phi) is 6.70. The molecule has 0 aliphatic heterocycles. The minimum absolute atomic E-state index is 0.714. The Labute approximate surface area is 104 Å². The molecule has 1 N–H and O–H groups in total. The van der Waals surface area contributed by atoms with Gasteiger partial charge in [0.1, 0.15) is 0 Å². The summed E-state index contributed by atoms with van der Waals surface area (Å²) >= 11 is 0. The number of unbranched alkanes of at least 4 members (excludes halogenated alkanes) is 3. The summed E-state index contributed by atoms with van der Waals surface area (Å²) in [5, 5.41) is 7.75. The molecule has 0 atom stereocenters. The van der Waals surface area contributed by atoms with Gasteiger partial charge in [0.15, 0.2) is 5.82 Å². The molecule has 0 bridgehead atoms. The highest BCUT2D eigenvalue weighted by molar-refractivity contribution is 5.42. The quantitative estimate of drug-likeness (QED) is 0.673. The summed E-state index contributed by atoms with van der Waals surface area (Å²) in [5.74, 6) is 1.01. The first-order valence-corrected chi connectivity index (χ1v) is 6.53. The van der Waals surface area contributed by atoms with Crippen molar-refractivity contribution >= 4 is 5.82 Å². The molecule has 0 aliphatic carbocycles. The van der Waals surface area contributed by atoms with E-state index in [1.165, 1.54) is 31.2 Å². The fourth-order valence-corrected chi connectivity index (χ4v) is 1.88. The molecule has 0 amide bonds. The maximum absolute atomic E-state index is 5.03. The molecule has 0 fully saturated rings. The number of methoxy groups -OCH3 is 1. The minimum atomic E-state index is 0.714. The minimum Gasteiger partial charge on any atom is -0.383 e. The second-order valence-corrected chi connectivity index (χ2v) is 4.41. The summed E-state index contributed by atoms with van der Waals surface area (Å²) in [6.45, 7) is 3.77. The lowest BCUT2D eigenvalue weighted by Crippen LogP contribution is -2.09. The Morgan fingerprint density at radius 1 is 1.35 bits per heavy atom. The molecule has 98 valence electrons. The fraction of sp³-hybridized carbons (Fsp3) is 0.769. The molecule has 0 unspecified atom stereocenters. The third kappa shape index (κ3) is 5.22. The van der Waals surface area contributed by atoms with E-state index < -0.39 is 0 Å². The average molecular weight is 239 g/mol. The van der Waals surface area contributed by atoms with Crippen LogP contribution in [-0.4, -0.2) is 30.0 Å². The second-order valence-electron chi connectivity index (χ2n) is 4.41. The first-order valence-electron chi connectivity index (χ1n) is 6.53. The number of anilines is 1. The van der Waals surface area contributed by atoms with Crippen LogP contribution in [0.3, 0.4) is 0 Å². The van der Waals surface area contributed by atoms with Gasteiger partial charge in [-0.3, -0.25) is 4.68 Å². The Balaban J connectivity index is 2.40. The van der Waals surface area contributed by atoms with Crippen LogP contribution in [0.2, 0.25) is 0 Å². The van der Waals surface area contributed by atoms with Gasteiger partial charge in [0.25, 0.3) is 0 Å². The molecule has 0 aromatic carbocycles. The lowest BCUT2D eigenvalue weighted by molar-refractivity contribution is 0.210. The average Bonchev–Trinajstić information content (AvgIpc) is 2.66. The maximum Gasteiger partial charge on any atom is 0.151 e. The van der Waals surface area contributed by atoms with Gasteiger partial charge in [-0.2, -0.15) is 5.10 Å². The molecule has 4 nitrogen and oxygen atoms in total. The lowest BCUT2D eigenvalue weighted by atomic mass is 10.1. The molecule has 1 aromatic heterocycles. The first-order chi connectivity index (χ1) is 8.27. The van der Waals surface area contributed by atoms with E-state index in [0.717, 1.165) is 18.8 Å². The van der Waals surface area contributed by atoms with Crippen LogP contribution in [-0.2, 0) is 18.2 Å². The highest BCUT2D eigenvalue weighted by Gasteiger charge is 2.06. The molecule has 4 heteroatoms. The summed E-state index contributed by atoms with van der Waals surface area (Å²) < 4.78 is 6.91. The molecule has 0 spiro atoms. The molecule has 0 saturated heterocycles. The Morgan fingerprint density at radius 2 is 2.18 bits per heavy atom. The fourth-order valence-electron chi connectivity index (χ4n) is 1.88. The summed E-state index contributed by atoms with van der Waals surface area (Å²) in [4.78, 5) is 0. The summed E-state index contributed by atoms with van der Waals surface area (Å²) in [6.07, 6.45) is 8.39. The van der Waals surface area contributed by atoms with E-state index >= 15 is 0 Å². The molecule has 0 aliphatic rings. The van der Waals surface area contributed by atoms with E-state index in [9.17, 15) is 0 Å². The Bertz CT molecular complexity index is 310. The first kappa shape index (κ1) is 14.0. The molecule has 0 saturated carbocycles. The van der Waals surface area contributed by atoms with Gasteiger partial charge < -0.3 is 10.1 Å². The standard InChI is InChI=1S/C13H25N3O/c1-4-5-6-7-8-12-11-16(2)15-13(12)14-9-10-17-3/h11H,4-10H2,1-3H3,(H,14,15). The number of hydrogen-bond donors (Lipinski definition) is 1. The van der Waals surface area contributed by atoms with Crippen LogP contribution in [0.1, 0.15) is 38.2 Å². The van der Waals surface area contributed by atoms with E-state index in [0.29, 0.717) is 6.61 Å². The van der Waals surface area contributed by atoms with Crippen molar-refractivity contribution in [2.75, 3.05) is 25.6 Å². The van der Waals surface area contributed by atoms with E-state index in [4.69, 9.17) is 4.74 Å². The molecular formula is C13H25N3O. The van der Waals surface area contributed by atoms with Gasteiger partial charge in [-0.1, -0.05) is 26.2 Å². The van der Waals surface area contributed by atoms with Gasteiger partial charge in [0.05, 0.1) is 6.61 Å². The third-order valence-corrected chi connectivity index (χ3v) is 2.80. The van der Waals surface area contributed by atoms with Gasteiger partial charge in [-0.05, 0) is 12.8 Å². The Morgan fingerprint density at radius 3 is 2.88 bits per heavy atom. The number of aromatic nitrogens is 2. The van der Waals surface area contributed by atoms with Crippen molar-refractivity contribution in [3.05, 3.63) is 11.8 Å². The van der Waals surface area contributed by atoms with Crippen LogP contribution < -0.4 is 5.32 Å². The van der Waals surface area contributed by atoms with E-state index in [1.54, 1.807) is 7.11 Å². The molecule has 1 rings (SSSR count). The van der Waals surface area contributed by atoms with Crippen molar-refractivity contribution in [3.8, 4) is 0 Å². The van der Waals surface area contributed by atoms with Gasteiger partial charge >= 0.3 is 0 Å². The van der Waals surface area contributed by atoms with Crippen LogP contribution in [0.15, 0.2) is 6.20 Å². The van der Waals surface area contributed by atoms with E-state index in [1.807, 2.05) is 11.7 Å². The van der Waals surface area contributed by atoms with Crippen molar-refractivity contribution in [1.82, 2.24) is 9.78 Å². The van der Waals surface area contributed by atoms with Crippen molar-refractivity contribution in [1.29, 1.82) is 0 Å². The molecule has 0 radical (unpaired) electrons. The zero-order valence-electron chi connectivity index (χ0n) is 11.3. The molecule has 1 aromatic rings. The zero-order chi connectivity index (χ0) is 12.5. The van der Waals surface area contributed by atoms with Gasteiger partial charge in [-0.15, -0.1) is 0 Å². The summed E-state index contributed by atoms with van der Waals surface area (Å²) in [5.41, 5.74) is 1.32. The molecule has 17 heavy (non-hydrogen) atoms. The van der Waals surface area contributed by atoms with Crippen molar-refractivity contribution in [2.45, 2.75) is 39.0 Å². The van der Waals surface area contributed by atoms with Crippen LogP contribution in [0.25, 0.3) is 0 Å². The normalized spacial score (nSPS) is 10.8. The number of nitrogens with one attached hydrogen (secondary N) is 1. The number of nitrogens with zero attached hydrogens (tertiary/aromatic N) is 2. The van der Waals surface area contributed by atoms with E-state index in [2.05, 4.69) is 23.5 Å². The van der Waals surface area contributed by atoms with Crippen molar-refractivity contribution < 1.29 is 4.74 Å². The largest absolute Gasteiger partial charge is 0.383 e. The zero-order valence-corrected chi connectivity index (χ0v) is 11.3. The van der Waals surface area contributed by atoms with Gasteiger partial charge in [0.2, 0.25) is 0 Å². The highest BCUT2D eigenvalue weighted by Crippen LogP contribution is 2.16. The number of aryl methyl sites for hydroxylation is 2. The number of rotatable bonds is 9. The predicted molar refractivity (Wildman–Crippen MR) is 71.4 cm³/mol. The number of hydrogen-bond acceptors (Lipinski definition) is 3. The number of ether oxygens (including phenoxy) is 1. The maximum atomic E-state index is 5.03. The SMILES string of the molecule is CCCCCCc1cn(C)nc1NCCOC. The second kappa shape index (κ2) is 8.12. The third-order valence-electron chi connectivity index (χ3n) is 2.80. The lowest BCUT2D eigenvalue weighted by Gasteiger charge is -2.05. The van der Waals surface area contributed by atoms with E-state index in [-0.39, 0.29) is 0 Å². The predicted octanol–water partition coefficient (Wildman–Crippen LogP) is 2.60. The van der Waals surface area contributed by atoms with Crippen LogP contribution in [0.4, 0.5) is 5.82 Å². The van der Waals surface area contributed by atoms with Crippen LogP contribution in [0.5, 0.6) is 0 Å². The summed E-state index contributed by atoms with van der Waals surface area (Å²) in [6, 6.07) is 0. The monoisotopic (exact) mass is 239 g/mol. The highest BCUT2D eigenvalue weighted by atomic mass is 16.5. The molecular weight excluding hydrogens is 214 g/mol. The summed E-state index contributed by atoms with van der Waals surface area (Å²) in [7, 11) is 3.68. The molecule has 1 heterocycles. The van der Waals surface area contributed by atoms with Gasteiger partial charge in [0, 0.05) is 32.5 Å². The van der Waals surface area contributed by atoms with Crippen molar-refractivity contribution in [2.24, 2.45) is 7.05 Å².